The molecule has 1 atom stereocenters. The Hall–Kier alpha value is -1.02. The van der Waals surface area contributed by atoms with Crippen LogP contribution in [-0.4, -0.2) is 13.6 Å². The molecular weight excluding hydrogens is 208 g/mol. The molecule has 0 heterocycles. The Kier molecular flexibility index (Phi) is 4.06. The molecule has 1 fully saturated rings. The normalized spacial score (nSPS) is 18.3. The smallest absolute Gasteiger partial charge is 0.0412 e. The molecule has 0 aromatic heterocycles. The lowest BCUT2D eigenvalue weighted by Gasteiger charge is -2.26. The van der Waals surface area contributed by atoms with Crippen LogP contribution in [0.2, 0.25) is 0 Å². The van der Waals surface area contributed by atoms with Crippen LogP contribution in [-0.2, 0) is 0 Å². The van der Waals surface area contributed by atoms with E-state index in [1.165, 1.54) is 43.5 Å². The number of nitrogens with zero attached hydrogens (tertiary/aromatic N) is 1. The van der Waals surface area contributed by atoms with Crippen molar-refractivity contribution < 1.29 is 0 Å². The third-order valence-electron chi connectivity index (χ3n) is 3.85. The van der Waals surface area contributed by atoms with E-state index in [1.54, 1.807) is 0 Å². The maximum absolute atomic E-state index is 6.03. The molecule has 2 rings (SSSR count). The van der Waals surface area contributed by atoms with Crippen LogP contribution in [0.3, 0.4) is 0 Å². The zero-order valence-corrected chi connectivity index (χ0v) is 11.0. The van der Waals surface area contributed by atoms with E-state index in [1.807, 2.05) is 0 Å². The predicted molar refractivity (Wildman–Crippen MR) is 74.3 cm³/mol. The van der Waals surface area contributed by atoms with Crippen molar-refractivity contribution in [1.29, 1.82) is 0 Å². The average molecular weight is 232 g/mol. The largest absolute Gasteiger partial charge is 0.374 e. The van der Waals surface area contributed by atoms with Gasteiger partial charge in [0.05, 0.1) is 0 Å². The van der Waals surface area contributed by atoms with E-state index in [0.717, 1.165) is 5.92 Å². The molecule has 2 heteroatoms. The van der Waals surface area contributed by atoms with Gasteiger partial charge in [0.15, 0.2) is 0 Å². The average Bonchev–Trinajstić information content (AvgIpc) is 2.81. The van der Waals surface area contributed by atoms with E-state index in [-0.39, 0.29) is 6.04 Å². The number of rotatable bonds is 4. The summed E-state index contributed by atoms with van der Waals surface area (Å²) in [6.07, 6.45) is 5.61. The third kappa shape index (κ3) is 3.01. The Morgan fingerprint density at radius 2 is 1.94 bits per heavy atom. The molecule has 1 aromatic carbocycles. The van der Waals surface area contributed by atoms with Gasteiger partial charge in [0.25, 0.3) is 0 Å². The SMILES string of the molecule is C[C@@H](N)c1ccccc1N(C)CC1CCCC1. The van der Waals surface area contributed by atoms with Crippen molar-refractivity contribution in [2.75, 3.05) is 18.5 Å². The summed E-state index contributed by atoms with van der Waals surface area (Å²) in [6, 6.07) is 8.62. The molecule has 94 valence electrons. The Labute approximate surface area is 105 Å². The van der Waals surface area contributed by atoms with Crippen LogP contribution in [0.4, 0.5) is 5.69 Å². The molecule has 0 aliphatic heterocycles. The molecule has 1 aromatic rings. The summed E-state index contributed by atoms with van der Waals surface area (Å²) in [4.78, 5) is 2.38. The van der Waals surface area contributed by atoms with Gasteiger partial charge in [-0.1, -0.05) is 31.0 Å². The minimum Gasteiger partial charge on any atom is -0.374 e. The van der Waals surface area contributed by atoms with Crippen LogP contribution in [0, 0.1) is 5.92 Å². The Morgan fingerprint density at radius 1 is 1.29 bits per heavy atom. The van der Waals surface area contributed by atoms with Crippen molar-refractivity contribution in [1.82, 2.24) is 0 Å². The van der Waals surface area contributed by atoms with E-state index >= 15 is 0 Å². The van der Waals surface area contributed by atoms with Crippen LogP contribution in [0.1, 0.15) is 44.2 Å². The fourth-order valence-electron chi connectivity index (χ4n) is 2.90. The summed E-state index contributed by atoms with van der Waals surface area (Å²) in [7, 11) is 2.19. The number of anilines is 1. The van der Waals surface area contributed by atoms with Crippen LogP contribution < -0.4 is 10.6 Å². The first-order valence-corrected chi connectivity index (χ1v) is 6.74. The molecule has 0 spiro atoms. The van der Waals surface area contributed by atoms with Gasteiger partial charge in [-0.05, 0) is 37.3 Å². The highest BCUT2D eigenvalue weighted by atomic mass is 15.1. The topological polar surface area (TPSA) is 29.3 Å². The van der Waals surface area contributed by atoms with Gasteiger partial charge in [0, 0.05) is 25.3 Å². The zero-order valence-electron chi connectivity index (χ0n) is 11.0. The first-order valence-electron chi connectivity index (χ1n) is 6.74. The van der Waals surface area contributed by atoms with Crippen molar-refractivity contribution >= 4 is 5.69 Å². The van der Waals surface area contributed by atoms with Crippen molar-refractivity contribution in [2.45, 2.75) is 38.6 Å². The van der Waals surface area contributed by atoms with Crippen LogP contribution in [0.25, 0.3) is 0 Å². The zero-order chi connectivity index (χ0) is 12.3. The monoisotopic (exact) mass is 232 g/mol. The van der Waals surface area contributed by atoms with E-state index < -0.39 is 0 Å². The molecular formula is C15H24N2. The second kappa shape index (κ2) is 5.54. The van der Waals surface area contributed by atoms with Crippen molar-refractivity contribution in [3.05, 3.63) is 29.8 Å². The fraction of sp³-hybridized carbons (Fsp3) is 0.600. The number of hydrogen-bond acceptors (Lipinski definition) is 2. The minimum atomic E-state index is 0.109. The lowest BCUT2D eigenvalue weighted by atomic mass is 10.0. The number of nitrogens with two attached hydrogens (primary N) is 1. The molecule has 2 nitrogen and oxygen atoms in total. The van der Waals surface area contributed by atoms with E-state index in [2.05, 4.69) is 43.1 Å². The summed E-state index contributed by atoms with van der Waals surface area (Å²) in [6.45, 7) is 3.23. The first-order chi connectivity index (χ1) is 8.18. The van der Waals surface area contributed by atoms with Crippen molar-refractivity contribution in [2.24, 2.45) is 11.7 Å². The Balaban J connectivity index is 2.09. The quantitative estimate of drug-likeness (QED) is 0.862. The molecule has 17 heavy (non-hydrogen) atoms. The maximum atomic E-state index is 6.03. The van der Waals surface area contributed by atoms with Gasteiger partial charge in [0.2, 0.25) is 0 Å². The van der Waals surface area contributed by atoms with Gasteiger partial charge in [-0.25, -0.2) is 0 Å². The Bertz CT molecular complexity index is 354. The minimum absolute atomic E-state index is 0.109. The molecule has 1 aliphatic carbocycles. The predicted octanol–water partition coefficient (Wildman–Crippen LogP) is 3.33. The molecule has 1 aliphatic rings. The third-order valence-corrected chi connectivity index (χ3v) is 3.85. The van der Waals surface area contributed by atoms with Crippen LogP contribution in [0.15, 0.2) is 24.3 Å². The number of hydrogen-bond donors (Lipinski definition) is 1. The van der Waals surface area contributed by atoms with Gasteiger partial charge >= 0.3 is 0 Å². The summed E-state index contributed by atoms with van der Waals surface area (Å²) >= 11 is 0. The molecule has 2 N–H and O–H groups in total. The molecule has 0 bridgehead atoms. The summed E-state index contributed by atoms with van der Waals surface area (Å²) in [5, 5.41) is 0. The van der Waals surface area contributed by atoms with E-state index in [0.29, 0.717) is 0 Å². The highest BCUT2D eigenvalue weighted by molar-refractivity contribution is 5.54. The maximum Gasteiger partial charge on any atom is 0.0412 e. The summed E-state index contributed by atoms with van der Waals surface area (Å²) in [5.41, 5.74) is 8.59. The van der Waals surface area contributed by atoms with Gasteiger partial charge < -0.3 is 10.6 Å². The lowest BCUT2D eigenvalue weighted by molar-refractivity contribution is 0.546. The molecule has 0 saturated heterocycles. The van der Waals surface area contributed by atoms with Gasteiger partial charge in [-0.3, -0.25) is 0 Å². The standard InChI is InChI=1S/C15H24N2/c1-12(16)14-9-5-6-10-15(14)17(2)11-13-7-3-4-8-13/h5-6,9-10,12-13H,3-4,7-8,11,16H2,1-2H3/t12-/m1/s1. The van der Waals surface area contributed by atoms with Crippen molar-refractivity contribution in [3.8, 4) is 0 Å². The van der Waals surface area contributed by atoms with Gasteiger partial charge in [-0.2, -0.15) is 0 Å². The molecule has 0 unspecified atom stereocenters. The Morgan fingerprint density at radius 3 is 2.59 bits per heavy atom. The van der Waals surface area contributed by atoms with E-state index in [4.69, 9.17) is 5.73 Å². The highest BCUT2D eigenvalue weighted by Gasteiger charge is 2.18. The number of para-hydroxylation sites is 1. The van der Waals surface area contributed by atoms with Crippen molar-refractivity contribution in [3.63, 3.8) is 0 Å². The number of benzene rings is 1. The summed E-state index contributed by atoms with van der Waals surface area (Å²) < 4.78 is 0. The van der Waals surface area contributed by atoms with Crippen LogP contribution >= 0.6 is 0 Å². The van der Waals surface area contributed by atoms with Crippen LogP contribution in [0.5, 0.6) is 0 Å². The summed E-state index contributed by atoms with van der Waals surface area (Å²) in [5.74, 6) is 0.876. The molecule has 0 amide bonds. The van der Waals surface area contributed by atoms with E-state index in [9.17, 15) is 0 Å². The lowest BCUT2D eigenvalue weighted by Crippen LogP contribution is -2.26. The fourth-order valence-corrected chi connectivity index (χ4v) is 2.90. The second-order valence-corrected chi connectivity index (χ2v) is 5.38. The highest BCUT2D eigenvalue weighted by Crippen LogP contribution is 2.29. The van der Waals surface area contributed by atoms with Gasteiger partial charge in [-0.15, -0.1) is 0 Å². The molecule has 1 saturated carbocycles. The van der Waals surface area contributed by atoms with Gasteiger partial charge in [0.1, 0.15) is 0 Å². The first kappa shape index (κ1) is 12.4. The second-order valence-electron chi connectivity index (χ2n) is 5.38. The molecule has 0 radical (unpaired) electrons.